The number of thioether (sulfide) groups is 1. The first-order chi connectivity index (χ1) is 13.0. The molecule has 1 N–H and O–H groups in total. The van der Waals surface area contributed by atoms with E-state index in [4.69, 9.17) is 4.74 Å². The third-order valence-electron chi connectivity index (χ3n) is 3.51. The molecule has 0 saturated carbocycles. The second kappa shape index (κ2) is 7.71. The summed E-state index contributed by atoms with van der Waals surface area (Å²) in [6.45, 7) is -0.00346. The van der Waals surface area contributed by atoms with Crippen molar-refractivity contribution >= 4 is 17.6 Å². The Labute approximate surface area is 156 Å². The smallest absolute Gasteiger partial charge is 0.390 e. The number of nitriles is 1. The average molecular weight is 384 g/mol. The maximum atomic E-state index is 12.0. The van der Waals surface area contributed by atoms with Crippen molar-refractivity contribution in [3.63, 3.8) is 0 Å². The molecule has 1 aromatic carbocycles. The molecule has 10 nitrogen and oxygen atoms in total. The van der Waals surface area contributed by atoms with E-state index in [0.717, 1.165) is 0 Å². The minimum Gasteiger partial charge on any atom is -0.469 e. The Bertz CT molecular complexity index is 1080. The molecule has 0 atom stereocenters. The fourth-order valence-corrected chi connectivity index (χ4v) is 2.61. The van der Waals surface area contributed by atoms with Crippen molar-refractivity contribution in [2.45, 2.75) is 11.9 Å². The van der Waals surface area contributed by atoms with Gasteiger partial charge < -0.3 is 19.8 Å². The molecule has 136 valence electrons. The van der Waals surface area contributed by atoms with Gasteiger partial charge in [-0.1, -0.05) is 11.8 Å². The van der Waals surface area contributed by atoms with Gasteiger partial charge in [0.1, 0.15) is 17.4 Å². The Morgan fingerprint density at radius 3 is 2.70 bits per heavy atom. The van der Waals surface area contributed by atoms with Crippen molar-refractivity contribution in [1.29, 1.82) is 5.26 Å². The van der Waals surface area contributed by atoms with Gasteiger partial charge in [0, 0.05) is 5.56 Å². The number of aromatic amines is 1. The van der Waals surface area contributed by atoms with E-state index < -0.39 is 10.5 Å². The van der Waals surface area contributed by atoms with Crippen LogP contribution >= 0.6 is 11.8 Å². The lowest BCUT2D eigenvalue weighted by Gasteiger charge is -2.07. The predicted octanol–water partition coefficient (Wildman–Crippen LogP) is 2.17. The summed E-state index contributed by atoms with van der Waals surface area (Å²) in [6, 6.07) is 9.79. The number of benzene rings is 1. The summed E-state index contributed by atoms with van der Waals surface area (Å²) in [7, 11) is 0. The predicted molar refractivity (Wildman–Crippen MR) is 96.3 cm³/mol. The van der Waals surface area contributed by atoms with Gasteiger partial charge >= 0.3 is 5.82 Å². The van der Waals surface area contributed by atoms with Crippen LogP contribution < -0.4 is 10.3 Å². The van der Waals surface area contributed by atoms with Crippen molar-refractivity contribution < 1.29 is 9.66 Å². The lowest BCUT2D eigenvalue weighted by atomic mass is 10.1. The first kappa shape index (κ1) is 18.2. The number of H-pyrrole nitrogens is 1. The third-order valence-corrected chi connectivity index (χ3v) is 4.09. The zero-order valence-corrected chi connectivity index (χ0v) is 14.8. The van der Waals surface area contributed by atoms with E-state index in [2.05, 4.69) is 15.1 Å². The molecule has 0 aliphatic heterocycles. The standard InChI is InChI=1S/C16H12N6O4S/c1-27-16-18-14(12(8-17)15(23)19-16)10-2-4-11(5-3-10)26-9-21-7-6-13(20-21)22(24)25/h2-7H,9H2,1H3,(H,18,19,23). The molecule has 3 rings (SSSR count). The van der Waals surface area contributed by atoms with Crippen LogP contribution in [-0.2, 0) is 6.73 Å². The molecule has 2 heterocycles. The second-order valence-corrected chi connectivity index (χ2v) is 5.97. The van der Waals surface area contributed by atoms with E-state index in [1.807, 2.05) is 6.07 Å². The van der Waals surface area contributed by atoms with Crippen molar-refractivity contribution in [2.75, 3.05) is 6.26 Å². The quantitative estimate of drug-likeness (QED) is 0.295. The van der Waals surface area contributed by atoms with Crippen LogP contribution in [0.1, 0.15) is 5.56 Å². The van der Waals surface area contributed by atoms with Crippen molar-refractivity contribution in [1.82, 2.24) is 19.7 Å². The summed E-state index contributed by atoms with van der Waals surface area (Å²) in [5.41, 5.74) is 0.327. The van der Waals surface area contributed by atoms with Gasteiger partial charge in [0.15, 0.2) is 5.16 Å². The van der Waals surface area contributed by atoms with Gasteiger partial charge in [0.2, 0.25) is 6.73 Å². The molecule has 0 aliphatic carbocycles. The largest absolute Gasteiger partial charge is 0.469 e. The van der Waals surface area contributed by atoms with Gasteiger partial charge in [-0.3, -0.25) is 4.79 Å². The van der Waals surface area contributed by atoms with E-state index in [1.54, 1.807) is 30.5 Å². The zero-order valence-electron chi connectivity index (χ0n) is 13.9. The van der Waals surface area contributed by atoms with Crippen LogP contribution in [0.3, 0.4) is 0 Å². The molecule has 0 bridgehead atoms. The molecule has 0 fully saturated rings. The maximum absolute atomic E-state index is 12.0. The lowest BCUT2D eigenvalue weighted by Crippen LogP contribution is -2.14. The number of hydrogen-bond acceptors (Lipinski definition) is 8. The van der Waals surface area contributed by atoms with Crippen LogP contribution in [0.4, 0.5) is 5.82 Å². The van der Waals surface area contributed by atoms with Crippen molar-refractivity contribution in [3.8, 4) is 23.1 Å². The number of ether oxygens (including phenoxy) is 1. The molecule has 0 aliphatic rings. The number of aromatic nitrogens is 4. The van der Waals surface area contributed by atoms with E-state index in [-0.39, 0.29) is 18.1 Å². The van der Waals surface area contributed by atoms with Crippen LogP contribution in [-0.4, -0.2) is 30.9 Å². The number of hydrogen-bond donors (Lipinski definition) is 1. The topological polar surface area (TPSA) is 140 Å². The molecular formula is C16H12N6O4S. The molecule has 0 radical (unpaired) electrons. The number of nitro groups is 1. The molecule has 27 heavy (non-hydrogen) atoms. The van der Waals surface area contributed by atoms with Gasteiger partial charge in [-0.15, -0.1) is 4.68 Å². The molecule has 2 aromatic heterocycles. The van der Waals surface area contributed by atoms with Crippen LogP contribution in [0.25, 0.3) is 11.3 Å². The van der Waals surface area contributed by atoms with E-state index in [1.165, 1.54) is 28.7 Å². The molecule has 3 aromatic rings. The van der Waals surface area contributed by atoms with E-state index in [9.17, 15) is 20.2 Å². The highest BCUT2D eigenvalue weighted by molar-refractivity contribution is 7.98. The fourth-order valence-electron chi connectivity index (χ4n) is 2.23. The maximum Gasteiger partial charge on any atom is 0.390 e. The van der Waals surface area contributed by atoms with Gasteiger partial charge in [0.05, 0.1) is 23.1 Å². The Balaban J connectivity index is 1.79. The molecule has 0 unspecified atom stereocenters. The third kappa shape index (κ3) is 3.96. The average Bonchev–Trinajstić information content (AvgIpc) is 3.15. The summed E-state index contributed by atoms with van der Waals surface area (Å²) >= 11 is 1.27. The molecule has 0 spiro atoms. The summed E-state index contributed by atoms with van der Waals surface area (Å²) in [4.78, 5) is 28.9. The highest BCUT2D eigenvalue weighted by Crippen LogP contribution is 2.24. The second-order valence-electron chi connectivity index (χ2n) is 5.18. The van der Waals surface area contributed by atoms with Gasteiger partial charge in [0.25, 0.3) is 5.56 Å². The lowest BCUT2D eigenvalue weighted by molar-refractivity contribution is -0.389. The first-order valence-corrected chi connectivity index (χ1v) is 8.74. The summed E-state index contributed by atoms with van der Waals surface area (Å²) in [5, 5.41) is 24.0. The Morgan fingerprint density at radius 1 is 1.37 bits per heavy atom. The van der Waals surface area contributed by atoms with Gasteiger partial charge in [-0.2, -0.15) is 5.26 Å². The Morgan fingerprint density at radius 2 is 2.11 bits per heavy atom. The summed E-state index contributed by atoms with van der Waals surface area (Å²) in [5.74, 6) is 0.230. The van der Waals surface area contributed by atoms with Crippen molar-refractivity contribution in [3.05, 3.63) is 62.6 Å². The van der Waals surface area contributed by atoms with Crippen LogP contribution in [0.2, 0.25) is 0 Å². The highest BCUT2D eigenvalue weighted by atomic mass is 32.2. The van der Waals surface area contributed by atoms with Crippen molar-refractivity contribution in [2.24, 2.45) is 0 Å². The number of nitrogens with one attached hydrogen (secondary N) is 1. The zero-order chi connectivity index (χ0) is 19.4. The summed E-state index contributed by atoms with van der Waals surface area (Å²) < 4.78 is 6.82. The summed E-state index contributed by atoms with van der Waals surface area (Å²) in [6.07, 6.45) is 3.21. The number of nitrogens with zero attached hydrogens (tertiary/aromatic N) is 5. The minimum absolute atomic E-state index is 0.00346. The fraction of sp³-hybridized carbons (Fsp3) is 0.125. The number of rotatable bonds is 6. The van der Waals surface area contributed by atoms with Crippen LogP contribution in [0.5, 0.6) is 5.75 Å². The molecular weight excluding hydrogens is 372 g/mol. The SMILES string of the molecule is CSc1nc(-c2ccc(OCn3ccc([N+](=O)[O-])n3)cc2)c(C#N)c(=O)[nH]1. The first-order valence-electron chi connectivity index (χ1n) is 7.51. The monoisotopic (exact) mass is 384 g/mol. The highest BCUT2D eigenvalue weighted by Gasteiger charge is 2.14. The molecule has 0 saturated heterocycles. The Kier molecular flexibility index (Phi) is 5.18. The van der Waals surface area contributed by atoms with Crippen LogP contribution in [0.15, 0.2) is 46.5 Å². The Hall–Kier alpha value is -3.65. The van der Waals surface area contributed by atoms with Gasteiger partial charge in [-0.25, -0.2) is 4.98 Å². The van der Waals surface area contributed by atoms with E-state index >= 15 is 0 Å². The van der Waals surface area contributed by atoms with E-state index in [0.29, 0.717) is 22.2 Å². The molecule has 11 heteroatoms. The minimum atomic E-state index is -0.588. The van der Waals surface area contributed by atoms with Crippen LogP contribution in [0, 0.1) is 21.4 Å². The van der Waals surface area contributed by atoms with Gasteiger partial charge in [-0.05, 0) is 35.4 Å². The molecule has 0 amide bonds. The normalized spacial score (nSPS) is 10.4.